The first-order chi connectivity index (χ1) is 13.0. The third-order valence-electron chi connectivity index (χ3n) is 3.45. The van der Waals surface area contributed by atoms with Crippen LogP contribution >= 0.6 is 23.8 Å². The molecular formula is C19H19ClN2O4S. The van der Waals surface area contributed by atoms with Gasteiger partial charge in [0.15, 0.2) is 5.11 Å². The lowest BCUT2D eigenvalue weighted by Crippen LogP contribution is -2.34. The summed E-state index contributed by atoms with van der Waals surface area (Å²) < 4.78 is 10.2. The maximum atomic E-state index is 11.9. The number of benzene rings is 2. The van der Waals surface area contributed by atoms with Crippen LogP contribution in [-0.2, 0) is 9.53 Å². The van der Waals surface area contributed by atoms with Crippen LogP contribution in [0.25, 0.3) is 0 Å². The van der Waals surface area contributed by atoms with Gasteiger partial charge in [-0.15, -0.1) is 0 Å². The molecule has 2 aromatic rings. The quantitative estimate of drug-likeness (QED) is 0.414. The zero-order chi connectivity index (χ0) is 19.6. The Hall–Kier alpha value is -2.64. The smallest absolute Gasteiger partial charge is 0.337 e. The molecule has 0 aromatic heterocycles. The molecule has 0 saturated heterocycles. The van der Waals surface area contributed by atoms with E-state index in [1.807, 2.05) is 0 Å². The van der Waals surface area contributed by atoms with E-state index in [-0.39, 0.29) is 17.4 Å². The second kappa shape index (κ2) is 10.5. The van der Waals surface area contributed by atoms with Crippen LogP contribution in [0, 0.1) is 0 Å². The molecule has 0 atom stereocenters. The van der Waals surface area contributed by atoms with Gasteiger partial charge in [0.1, 0.15) is 5.75 Å². The predicted molar refractivity (Wildman–Crippen MR) is 108 cm³/mol. The highest BCUT2D eigenvalue weighted by molar-refractivity contribution is 7.80. The summed E-state index contributed by atoms with van der Waals surface area (Å²) in [4.78, 5) is 23.3. The number of anilines is 1. The topological polar surface area (TPSA) is 76.7 Å². The SMILES string of the molecule is COC(=O)c1ccc(NC(=S)NC(=O)CCCOc2ccc(Cl)cc2)cc1. The second-order valence-electron chi connectivity index (χ2n) is 5.48. The zero-order valence-corrected chi connectivity index (χ0v) is 16.2. The van der Waals surface area contributed by atoms with Crippen molar-refractivity contribution in [1.29, 1.82) is 0 Å². The average Bonchev–Trinajstić information content (AvgIpc) is 2.66. The number of nitrogens with one attached hydrogen (secondary N) is 2. The van der Waals surface area contributed by atoms with Crippen molar-refractivity contribution in [1.82, 2.24) is 5.32 Å². The van der Waals surface area contributed by atoms with E-state index < -0.39 is 5.97 Å². The van der Waals surface area contributed by atoms with Gasteiger partial charge in [-0.1, -0.05) is 11.6 Å². The molecule has 6 nitrogen and oxygen atoms in total. The highest BCUT2D eigenvalue weighted by Gasteiger charge is 2.07. The molecule has 27 heavy (non-hydrogen) atoms. The molecule has 2 rings (SSSR count). The monoisotopic (exact) mass is 406 g/mol. The fraction of sp³-hybridized carbons (Fsp3) is 0.211. The Labute approximate surface area is 167 Å². The molecule has 8 heteroatoms. The van der Waals surface area contributed by atoms with Gasteiger partial charge in [0.25, 0.3) is 0 Å². The number of ether oxygens (including phenoxy) is 2. The van der Waals surface area contributed by atoms with Crippen molar-refractivity contribution in [2.75, 3.05) is 19.0 Å². The lowest BCUT2D eigenvalue weighted by molar-refractivity contribution is -0.119. The standard InChI is InChI=1S/C19H19ClN2O4S/c1-25-18(24)13-4-8-15(9-5-13)21-19(27)22-17(23)3-2-12-26-16-10-6-14(20)7-11-16/h4-11H,2-3,12H2,1H3,(H2,21,22,23,27). The van der Waals surface area contributed by atoms with E-state index in [2.05, 4.69) is 15.4 Å². The van der Waals surface area contributed by atoms with Crippen LogP contribution in [0.3, 0.4) is 0 Å². The van der Waals surface area contributed by atoms with Gasteiger partial charge in [0.05, 0.1) is 19.3 Å². The minimum Gasteiger partial charge on any atom is -0.494 e. The van der Waals surface area contributed by atoms with Crippen LogP contribution in [0.15, 0.2) is 48.5 Å². The van der Waals surface area contributed by atoms with Crippen LogP contribution in [-0.4, -0.2) is 30.7 Å². The molecule has 0 spiro atoms. The molecule has 0 unspecified atom stereocenters. The van der Waals surface area contributed by atoms with Crippen LogP contribution in [0.2, 0.25) is 5.02 Å². The molecule has 0 aliphatic heterocycles. The zero-order valence-electron chi connectivity index (χ0n) is 14.7. The number of thiocarbonyl (C=S) groups is 1. The van der Waals surface area contributed by atoms with Gasteiger partial charge in [-0.05, 0) is 67.2 Å². The summed E-state index contributed by atoms with van der Waals surface area (Å²) in [5.41, 5.74) is 1.08. The van der Waals surface area contributed by atoms with Gasteiger partial charge >= 0.3 is 5.97 Å². The van der Waals surface area contributed by atoms with Crippen molar-refractivity contribution >= 4 is 46.5 Å². The minimum atomic E-state index is -0.418. The number of hydrogen-bond donors (Lipinski definition) is 2. The Morgan fingerprint density at radius 1 is 1.07 bits per heavy atom. The summed E-state index contributed by atoms with van der Waals surface area (Å²) in [6.07, 6.45) is 0.821. The van der Waals surface area contributed by atoms with E-state index in [1.54, 1.807) is 48.5 Å². The van der Waals surface area contributed by atoms with E-state index in [9.17, 15) is 9.59 Å². The van der Waals surface area contributed by atoms with Crippen molar-refractivity contribution in [2.45, 2.75) is 12.8 Å². The summed E-state index contributed by atoms with van der Waals surface area (Å²) in [5.74, 6) is 0.0732. The van der Waals surface area contributed by atoms with Crippen LogP contribution < -0.4 is 15.4 Å². The molecular weight excluding hydrogens is 388 g/mol. The first kappa shape index (κ1) is 20.7. The van der Waals surface area contributed by atoms with Crippen molar-refractivity contribution in [3.63, 3.8) is 0 Å². The Morgan fingerprint density at radius 3 is 2.37 bits per heavy atom. The fourth-order valence-corrected chi connectivity index (χ4v) is 2.47. The number of hydrogen-bond acceptors (Lipinski definition) is 5. The van der Waals surface area contributed by atoms with E-state index in [1.165, 1.54) is 7.11 Å². The van der Waals surface area contributed by atoms with Gasteiger partial charge in [-0.25, -0.2) is 4.79 Å². The van der Waals surface area contributed by atoms with Crippen LogP contribution in [0.1, 0.15) is 23.2 Å². The predicted octanol–water partition coefficient (Wildman–Crippen LogP) is 3.80. The number of rotatable bonds is 7. The molecule has 0 radical (unpaired) electrons. The third-order valence-corrected chi connectivity index (χ3v) is 3.90. The van der Waals surface area contributed by atoms with Crippen molar-refractivity contribution in [3.05, 3.63) is 59.1 Å². The number of methoxy groups -OCH3 is 1. The van der Waals surface area contributed by atoms with Gasteiger partial charge < -0.3 is 20.1 Å². The Balaban J connectivity index is 1.68. The number of carbonyl (C=O) groups excluding carboxylic acids is 2. The second-order valence-corrected chi connectivity index (χ2v) is 6.32. The van der Waals surface area contributed by atoms with Crippen molar-refractivity contribution < 1.29 is 19.1 Å². The summed E-state index contributed by atoms with van der Waals surface area (Å²) in [6, 6.07) is 13.6. The van der Waals surface area contributed by atoms with Crippen molar-refractivity contribution in [2.24, 2.45) is 0 Å². The summed E-state index contributed by atoms with van der Waals surface area (Å²) >= 11 is 10.9. The highest BCUT2D eigenvalue weighted by Crippen LogP contribution is 2.15. The average molecular weight is 407 g/mol. The lowest BCUT2D eigenvalue weighted by Gasteiger charge is -2.10. The molecule has 0 aliphatic carbocycles. The lowest BCUT2D eigenvalue weighted by atomic mass is 10.2. The van der Waals surface area contributed by atoms with E-state index in [0.717, 1.165) is 0 Å². The fourth-order valence-electron chi connectivity index (χ4n) is 2.11. The highest BCUT2D eigenvalue weighted by atomic mass is 35.5. The molecule has 2 N–H and O–H groups in total. The third kappa shape index (κ3) is 7.24. The maximum absolute atomic E-state index is 11.9. The maximum Gasteiger partial charge on any atom is 0.337 e. The molecule has 142 valence electrons. The number of halogens is 1. The van der Waals surface area contributed by atoms with Crippen molar-refractivity contribution in [3.8, 4) is 5.75 Å². The first-order valence-electron chi connectivity index (χ1n) is 8.15. The number of amides is 1. The summed E-state index contributed by atoms with van der Waals surface area (Å²) in [7, 11) is 1.32. The van der Waals surface area contributed by atoms with Crippen LogP contribution in [0.4, 0.5) is 5.69 Å². The number of esters is 1. The molecule has 0 saturated carbocycles. The summed E-state index contributed by atoms with van der Waals surface area (Å²) in [5, 5.41) is 6.31. The first-order valence-corrected chi connectivity index (χ1v) is 8.94. The van der Waals surface area contributed by atoms with Gasteiger partial charge in [0.2, 0.25) is 5.91 Å². The molecule has 0 heterocycles. The van der Waals surface area contributed by atoms with Gasteiger partial charge in [-0.3, -0.25) is 4.79 Å². The summed E-state index contributed by atoms with van der Waals surface area (Å²) in [6.45, 7) is 0.407. The van der Waals surface area contributed by atoms with Gasteiger partial charge in [0, 0.05) is 17.1 Å². The van der Waals surface area contributed by atoms with Crippen LogP contribution in [0.5, 0.6) is 5.75 Å². The Morgan fingerprint density at radius 2 is 1.74 bits per heavy atom. The molecule has 1 amide bonds. The largest absolute Gasteiger partial charge is 0.494 e. The van der Waals surface area contributed by atoms with E-state index in [0.29, 0.717) is 35.1 Å². The molecule has 0 bridgehead atoms. The van der Waals surface area contributed by atoms with E-state index >= 15 is 0 Å². The van der Waals surface area contributed by atoms with E-state index in [4.69, 9.17) is 28.6 Å². The number of carbonyl (C=O) groups is 2. The molecule has 2 aromatic carbocycles. The van der Waals surface area contributed by atoms with Gasteiger partial charge in [-0.2, -0.15) is 0 Å². The molecule has 0 fully saturated rings. The Kier molecular flexibility index (Phi) is 8.03. The minimum absolute atomic E-state index is 0.185. The molecule has 0 aliphatic rings. The normalized spacial score (nSPS) is 10.0. The Bertz CT molecular complexity index is 794.